The fraction of sp³-hybridized carbons (Fsp3) is 0.240. The lowest BCUT2D eigenvalue weighted by Crippen LogP contribution is -2.40. The van der Waals surface area contributed by atoms with Gasteiger partial charge in [0.2, 0.25) is 0 Å². The predicted octanol–water partition coefficient (Wildman–Crippen LogP) is 4.63. The maximum absolute atomic E-state index is 15.2. The Kier molecular flexibility index (Phi) is 5.60. The van der Waals surface area contributed by atoms with E-state index in [1.807, 2.05) is 0 Å². The second kappa shape index (κ2) is 8.57. The van der Waals surface area contributed by atoms with Crippen molar-refractivity contribution in [3.63, 3.8) is 0 Å². The maximum atomic E-state index is 15.2. The topological polar surface area (TPSA) is 57.2 Å². The Hall–Kier alpha value is -3.29. The van der Waals surface area contributed by atoms with Crippen LogP contribution in [0.1, 0.15) is 21.5 Å². The maximum Gasteiger partial charge on any atom is 0.308 e. The molecule has 3 aromatic rings. The largest absolute Gasteiger partial charge is 0.497 e. The highest BCUT2D eigenvalue weighted by molar-refractivity contribution is 6.30. The first-order valence-corrected chi connectivity index (χ1v) is 10.9. The molecule has 6 nitrogen and oxygen atoms in total. The van der Waals surface area contributed by atoms with Crippen molar-refractivity contribution >= 4 is 17.5 Å². The van der Waals surface area contributed by atoms with Crippen molar-refractivity contribution in [2.75, 3.05) is 33.4 Å². The standard InChI is InChI=1S/C25H21ClFNO5/c1-30-19-7-8-20(21(27)15-19)25(17-3-5-18(26)6-4-17)32-22-9-2-16(14-23(22)33-25)24(29)28-10-12-31-13-11-28/h2-9,14-15H,10-13H2,1H3. The summed E-state index contributed by atoms with van der Waals surface area (Å²) in [4.78, 5) is 14.7. The summed E-state index contributed by atoms with van der Waals surface area (Å²) in [5.74, 6) is -1.15. The number of hydrogen-bond acceptors (Lipinski definition) is 5. The van der Waals surface area contributed by atoms with Crippen LogP contribution in [0.2, 0.25) is 5.02 Å². The van der Waals surface area contributed by atoms with E-state index < -0.39 is 11.6 Å². The SMILES string of the molecule is COc1ccc(C2(c3ccc(Cl)cc3)Oc3ccc(C(=O)N4CCOCC4)cc3O2)c(F)c1. The van der Waals surface area contributed by atoms with Crippen LogP contribution < -0.4 is 14.2 Å². The molecule has 0 saturated carbocycles. The number of halogens is 2. The molecule has 0 N–H and O–H groups in total. The summed E-state index contributed by atoms with van der Waals surface area (Å²) < 4.78 is 38.2. The minimum atomic E-state index is -1.59. The van der Waals surface area contributed by atoms with Crippen LogP contribution in [0.3, 0.4) is 0 Å². The summed E-state index contributed by atoms with van der Waals surface area (Å²) in [6, 6.07) is 16.3. The smallest absolute Gasteiger partial charge is 0.308 e. The summed E-state index contributed by atoms with van der Waals surface area (Å²) in [6.07, 6.45) is 0. The number of nitrogens with zero attached hydrogens (tertiary/aromatic N) is 1. The van der Waals surface area contributed by atoms with Gasteiger partial charge in [0.15, 0.2) is 11.5 Å². The number of fused-ring (bicyclic) bond motifs is 1. The highest BCUT2D eigenvalue weighted by atomic mass is 35.5. The first kappa shape index (κ1) is 21.6. The summed E-state index contributed by atoms with van der Waals surface area (Å²) in [6.45, 7) is 2.07. The molecule has 33 heavy (non-hydrogen) atoms. The van der Waals surface area contributed by atoms with Gasteiger partial charge in [-0.05, 0) is 54.6 Å². The van der Waals surface area contributed by atoms with E-state index in [1.165, 1.54) is 13.2 Å². The van der Waals surface area contributed by atoms with Gasteiger partial charge in [0.1, 0.15) is 11.6 Å². The molecule has 1 atom stereocenters. The van der Waals surface area contributed by atoms with Gasteiger partial charge in [0.05, 0.1) is 25.9 Å². The summed E-state index contributed by atoms with van der Waals surface area (Å²) in [5.41, 5.74) is 1.18. The molecule has 0 aromatic heterocycles. The molecule has 0 aliphatic carbocycles. The Bertz CT molecular complexity index is 1200. The zero-order valence-electron chi connectivity index (χ0n) is 17.8. The van der Waals surface area contributed by atoms with Crippen molar-refractivity contribution in [3.05, 3.63) is 88.2 Å². The summed E-state index contributed by atoms with van der Waals surface area (Å²) in [7, 11) is 1.47. The van der Waals surface area contributed by atoms with Crippen molar-refractivity contribution < 1.29 is 28.1 Å². The Morgan fingerprint density at radius 2 is 1.73 bits per heavy atom. The van der Waals surface area contributed by atoms with Gasteiger partial charge in [-0.2, -0.15) is 0 Å². The molecule has 1 fully saturated rings. The molecular weight excluding hydrogens is 449 g/mol. The van der Waals surface area contributed by atoms with E-state index in [4.69, 9.17) is 30.5 Å². The molecule has 1 amide bonds. The lowest BCUT2D eigenvalue weighted by atomic mass is 9.96. The van der Waals surface area contributed by atoms with E-state index >= 15 is 4.39 Å². The molecule has 3 aromatic carbocycles. The molecular formula is C25H21ClFNO5. The number of ether oxygens (including phenoxy) is 4. The average molecular weight is 470 g/mol. The zero-order chi connectivity index (χ0) is 23.0. The fourth-order valence-corrected chi connectivity index (χ4v) is 4.15. The van der Waals surface area contributed by atoms with Crippen molar-refractivity contribution in [1.29, 1.82) is 0 Å². The monoisotopic (exact) mass is 469 g/mol. The molecule has 2 aliphatic rings. The molecule has 170 valence electrons. The highest BCUT2D eigenvalue weighted by Crippen LogP contribution is 2.49. The number of benzene rings is 3. The number of carbonyl (C=O) groups excluding carboxylic acids is 1. The Morgan fingerprint density at radius 3 is 2.42 bits per heavy atom. The van der Waals surface area contributed by atoms with Gasteiger partial charge >= 0.3 is 5.79 Å². The normalized spacial score (nSPS) is 19.4. The van der Waals surface area contributed by atoms with Crippen molar-refractivity contribution in [2.45, 2.75) is 5.79 Å². The second-order valence-electron chi connectivity index (χ2n) is 7.74. The minimum Gasteiger partial charge on any atom is -0.497 e. The summed E-state index contributed by atoms with van der Waals surface area (Å²) in [5, 5.41) is 0.526. The Balaban J connectivity index is 1.56. The van der Waals surface area contributed by atoms with E-state index in [0.29, 0.717) is 59.7 Å². The number of carbonyl (C=O) groups is 1. The van der Waals surface area contributed by atoms with E-state index in [0.717, 1.165) is 0 Å². The van der Waals surface area contributed by atoms with Crippen LogP contribution in [0, 0.1) is 5.82 Å². The number of rotatable bonds is 4. The predicted molar refractivity (Wildman–Crippen MR) is 120 cm³/mol. The molecule has 0 radical (unpaired) electrons. The molecule has 2 heterocycles. The van der Waals surface area contributed by atoms with E-state index in [-0.39, 0.29) is 11.5 Å². The summed E-state index contributed by atoms with van der Waals surface area (Å²) >= 11 is 6.08. The number of methoxy groups -OCH3 is 1. The lowest BCUT2D eigenvalue weighted by Gasteiger charge is -2.29. The van der Waals surface area contributed by atoms with Crippen LogP contribution in [0.4, 0.5) is 4.39 Å². The Morgan fingerprint density at radius 1 is 1.00 bits per heavy atom. The van der Waals surface area contributed by atoms with Crippen LogP contribution in [0.5, 0.6) is 17.2 Å². The van der Waals surface area contributed by atoms with Crippen LogP contribution in [-0.2, 0) is 10.5 Å². The molecule has 1 saturated heterocycles. The van der Waals surface area contributed by atoms with Gasteiger partial charge < -0.3 is 23.8 Å². The van der Waals surface area contributed by atoms with Gasteiger partial charge in [-0.1, -0.05) is 11.6 Å². The Labute approximate surface area is 195 Å². The lowest BCUT2D eigenvalue weighted by molar-refractivity contribution is -0.0487. The average Bonchev–Trinajstić information content (AvgIpc) is 3.24. The first-order valence-electron chi connectivity index (χ1n) is 10.5. The van der Waals surface area contributed by atoms with Gasteiger partial charge in [-0.3, -0.25) is 4.79 Å². The highest BCUT2D eigenvalue weighted by Gasteiger charge is 2.47. The van der Waals surface area contributed by atoms with Crippen LogP contribution in [0.15, 0.2) is 60.7 Å². The zero-order valence-corrected chi connectivity index (χ0v) is 18.6. The van der Waals surface area contributed by atoms with Crippen molar-refractivity contribution in [2.24, 2.45) is 0 Å². The van der Waals surface area contributed by atoms with E-state index in [1.54, 1.807) is 59.5 Å². The molecule has 1 unspecified atom stereocenters. The van der Waals surface area contributed by atoms with E-state index in [9.17, 15) is 4.79 Å². The van der Waals surface area contributed by atoms with Crippen LogP contribution in [0.25, 0.3) is 0 Å². The minimum absolute atomic E-state index is 0.121. The fourth-order valence-electron chi connectivity index (χ4n) is 4.03. The third-order valence-electron chi connectivity index (χ3n) is 5.75. The number of morpholine rings is 1. The molecule has 2 aliphatic heterocycles. The van der Waals surface area contributed by atoms with Gasteiger partial charge in [-0.25, -0.2) is 4.39 Å². The van der Waals surface area contributed by atoms with Gasteiger partial charge in [0, 0.05) is 35.3 Å². The quantitative estimate of drug-likeness (QED) is 0.557. The van der Waals surface area contributed by atoms with Crippen molar-refractivity contribution in [3.8, 4) is 17.2 Å². The first-order chi connectivity index (χ1) is 16.0. The van der Waals surface area contributed by atoms with Crippen molar-refractivity contribution in [1.82, 2.24) is 4.90 Å². The van der Waals surface area contributed by atoms with Crippen LogP contribution >= 0.6 is 11.6 Å². The molecule has 0 spiro atoms. The number of hydrogen-bond donors (Lipinski definition) is 0. The van der Waals surface area contributed by atoms with E-state index in [2.05, 4.69) is 0 Å². The third-order valence-corrected chi connectivity index (χ3v) is 6.00. The second-order valence-corrected chi connectivity index (χ2v) is 8.18. The van der Waals surface area contributed by atoms with Gasteiger partial charge in [0.25, 0.3) is 5.91 Å². The van der Waals surface area contributed by atoms with Gasteiger partial charge in [-0.15, -0.1) is 0 Å². The third kappa shape index (κ3) is 3.87. The van der Waals surface area contributed by atoms with Crippen LogP contribution in [-0.4, -0.2) is 44.2 Å². The molecule has 8 heteroatoms. The number of amides is 1. The molecule has 0 bridgehead atoms. The molecule has 5 rings (SSSR count).